The van der Waals surface area contributed by atoms with Crippen LogP contribution >= 0.6 is 0 Å². The minimum absolute atomic E-state index is 0.0742. The van der Waals surface area contributed by atoms with Gasteiger partial charge in [-0.2, -0.15) is 0 Å². The molecule has 1 fully saturated rings. The SMILES string of the molecule is CCOc1cnc(Nc2cc(Oc3ccc(NC(=O)C4CN(C(C)C)C(=O)N(c5ccc(F)cc5)C4=O)cc3F)ccn2)cn1. The molecule has 2 aromatic heterocycles. The van der Waals surface area contributed by atoms with E-state index < -0.39 is 35.4 Å². The van der Waals surface area contributed by atoms with E-state index in [9.17, 15) is 18.8 Å². The van der Waals surface area contributed by atoms with E-state index in [0.717, 1.165) is 23.1 Å². The van der Waals surface area contributed by atoms with Gasteiger partial charge in [-0.15, -0.1) is 0 Å². The number of pyridine rings is 1. The number of aromatic nitrogens is 3. The summed E-state index contributed by atoms with van der Waals surface area (Å²) in [6.07, 6.45) is 4.41. The largest absolute Gasteiger partial charge is 0.477 e. The number of benzene rings is 2. The molecule has 1 aliphatic heterocycles. The van der Waals surface area contributed by atoms with Gasteiger partial charge >= 0.3 is 6.03 Å². The minimum atomic E-state index is -1.29. The first kappa shape index (κ1) is 30.8. The first-order valence-electron chi connectivity index (χ1n) is 14.0. The van der Waals surface area contributed by atoms with Crippen LogP contribution in [0.4, 0.5) is 36.6 Å². The van der Waals surface area contributed by atoms with Crippen LogP contribution in [-0.2, 0) is 9.59 Å². The van der Waals surface area contributed by atoms with Crippen molar-refractivity contribution in [2.45, 2.75) is 26.8 Å². The number of urea groups is 1. The molecule has 1 atom stereocenters. The molecule has 4 aromatic rings. The maximum atomic E-state index is 15.1. The smallest absolute Gasteiger partial charge is 0.331 e. The Morgan fingerprint density at radius 2 is 1.78 bits per heavy atom. The predicted molar refractivity (Wildman–Crippen MR) is 160 cm³/mol. The Hall–Kier alpha value is -5.66. The van der Waals surface area contributed by atoms with Crippen molar-refractivity contribution in [1.29, 1.82) is 0 Å². The molecule has 2 N–H and O–H groups in total. The number of hydrogen-bond donors (Lipinski definition) is 2. The molecule has 4 amide bonds. The molecule has 3 heterocycles. The highest BCUT2D eigenvalue weighted by atomic mass is 19.1. The molecule has 1 saturated heterocycles. The van der Waals surface area contributed by atoms with Gasteiger partial charge in [-0.05, 0) is 63.2 Å². The summed E-state index contributed by atoms with van der Waals surface area (Å²) >= 11 is 0. The highest BCUT2D eigenvalue weighted by molar-refractivity contribution is 6.23. The van der Waals surface area contributed by atoms with Crippen molar-refractivity contribution in [1.82, 2.24) is 19.9 Å². The molecule has 0 spiro atoms. The summed E-state index contributed by atoms with van der Waals surface area (Å²) in [5.74, 6) is -2.82. The predicted octanol–water partition coefficient (Wildman–Crippen LogP) is 5.52. The number of carbonyl (C=O) groups excluding carboxylic acids is 3. The zero-order chi connectivity index (χ0) is 32.1. The van der Waals surface area contributed by atoms with Gasteiger partial charge in [0.2, 0.25) is 17.7 Å². The Kier molecular flexibility index (Phi) is 9.12. The van der Waals surface area contributed by atoms with Gasteiger partial charge in [0.25, 0.3) is 0 Å². The van der Waals surface area contributed by atoms with Crippen molar-refractivity contribution < 1.29 is 32.6 Å². The number of amides is 4. The molecule has 0 aliphatic carbocycles. The van der Waals surface area contributed by atoms with E-state index in [-0.39, 0.29) is 35.5 Å². The van der Waals surface area contributed by atoms with Gasteiger partial charge in [0.15, 0.2) is 11.6 Å². The van der Waals surface area contributed by atoms with E-state index in [4.69, 9.17) is 9.47 Å². The van der Waals surface area contributed by atoms with Crippen molar-refractivity contribution in [2.24, 2.45) is 5.92 Å². The van der Waals surface area contributed by atoms with Crippen LogP contribution < -0.4 is 25.0 Å². The average Bonchev–Trinajstić information content (AvgIpc) is 3.01. The van der Waals surface area contributed by atoms with Gasteiger partial charge < -0.3 is 25.0 Å². The van der Waals surface area contributed by atoms with Crippen LogP contribution in [0.15, 0.2) is 73.2 Å². The fourth-order valence-electron chi connectivity index (χ4n) is 4.48. The molecule has 1 unspecified atom stereocenters. The third kappa shape index (κ3) is 7.12. The number of nitrogens with zero attached hydrogens (tertiary/aromatic N) is 5. The quantitative estimate of drug-likeness (QED) is 0.220. The van der Waals surface area contributed by atoms with E-state index in [2.05, 4.69) is 25.6 Å². The Morgan fingerprint density at radius 3 is 2.44 bits per heavy atom. The maximum absolute atomic E-state index is 15.1. The molecule has 1 aliphatic rings. The van der Waals surface area contributed by atoms with Crippen molar-refractivity contribution in [2.75, 3.05) is 28.7 Å². The molecule has 14 heteroatoms. The van der Waals surface area contributed by atoms with Crippen molar-refractivity contribution in [3.8, 4) is 17.4 Å². The summed E-state index contributed by atoms with van der Waals surface area (Å²) in [6, 6.07) is 10.7. The normalized spacial score (nSPS) is 14.8. The monoisotopic (exact) mass is 617 g/mol. The first-order valence-corrected chi connectivity index (χ1v) is 14.0. The van der Waals surface area contributed by atoms with Crippen LogP contribution in [0.5, 0.6) is 17.4 Å². The zero-order valence-electron chi connectivity index (χ0n) is 24.5. The van der Waals surface area contributed by atoms with Gasteiger partial charge in [-0.25, -0.2) is 33.4 Å². The van der Waals surface area contributed by atoms with E-state index in [1.54, 1.807) is 13.8 Å². The number of carbonyl (C=O) groups is 3. The highest BCUT2D eigenvalue weighted by Gasteiger charge is 2.44. The molecule has 45 heavy (non-hydrogen) atoms. The van der Waals surface area contributed by atoms with Gasteiger partial charge in [-0.1, -0.05) is 0 Å². The van der Waals surface area contributed by atoms with E-state index in [1.807, 2.05) is 6.92 Å². The Balaban J connectivity index is 1.27. The summed E-state index contributed by atoms with van der Waals surface area (Å²) in [4.78, 5) is 54.4. The van der Waals surface area contributed by atoms with Crippen molar-refractivity contribution in [3.63, 3.8) is 0 Å². The lowest BCUT2D eigenvalue weighted by Gasteiger charge is -2.39. The van der Waals surface area contributed by atoms with Crippen molar-refractivity contribution in [3.05, 3.63) is 84.8 Å². The number of rotatable bonds is 10. The first-order chi connectivity index (χ1) is 21.6. The fraction of sp³-hybridized carbons (Fsp3) is 0.226. The van der Waals surface area contributed by atoms with Gasteiger partial charge in [0, 0.05) is 36.6 Å². The van der Waals surface area contributed by atoms with E-state index >= 15 is 4.39 Å². The number of hydrogen-bond acceptors (Lipinski definition) is 9. The van der Waals surface area contributed by atoms with Gasteiger partial charge in [-0.3, -0.25) is 9.59 Å². The maximum Gasteiger partial charge on any atom is 0.331 e. The molecule has 232 valence electrons. The van der Waals surface area contributed by atoms with E-state index in [1.165, 1.54) is 59.9 Å². The number of imide groups is 1. The molecule has 0 radical (unpaired) electrons. The second-order valence-corrected chi connectivity index (χ2v) is 10.1. The number of nitrogens with one attached hydrogen (secondary N) is 2. The van der Waals surface area contributed by atoms with Crippen LogP contribution in [0.1, 0.15) is 20.8 Å². The summed E-state index contributed by atoms with van der Waals surface area (Å²) in [5.41, 5.74) is 0.203. The lowest BCUT2D eigenvalue weighted by Crippen LogP contribution is -2.61. The summed E-state index contributed by atoms with van der Waals surface area (Å²) in [7, 11) is 0. The molecular weight excluding hydrogens is 588 g/mol. The van der Waals surface area contributed by atoms with E-state index in [0.29, 0.717) is 24.1 Å². The van der Waals surface area contributed by atoms with Crippen LogP contribution in [0.25, 0.3) is 0 Å². The molecule has 0 bridgehead atoms. The van der Waals surface area contributed by atoms with Crippen molar-refractivity contribution >= 4 is 40.9 Å². The number of halogens is 2. The molecule has 5 rings (SSSR count). The summed E-state index contributed by atoms with van der Waals surface area (Å²) in [6.45, 7) is 5.61. The third-order valence-electron chi connectivity index (χ3n) is 6.69. The second kappa shape index (κ2) is 13.3. The lowest BCUT2D eigenvalue weighted by atomic mass is 10.0. The topological polar surface area (TPSA) is 139 Å². The minimum Gasteiger partial charge on any atom is -0.477 e. The Morgan fingerprint density at radius 1 is 1.00 bits per heavy atom. The van der Waals surface area contributed by atoms with Crippen LogP contribution in [-0.4, -0.2) is 56.9 Å². The third-order valence-corrected chi connectivity index (χ3v) is 6.69. The number of anilines is 4. The molecule has 0 saturated carbocycles. The van der Waals surface area contributed by atoms with Gasteiger partial charge in [0.1, 0.15) is 29.1 Å². The highest BCUT2D eigenvalue weighted by Crippen LogP contribution is 2.30. The standard InChI is InChI=1S/C31H29F2N7O5/c1-4-44-28-16-35-27(15-36-28)38-26-14-22(11-12-34-26)45-25-10-7-20(13-24(25)33)37-29(41)23-17-39(18(2)3)31(43)40(30(23)42)21-8-5-19(32)6-9-21/h5-16,18,23H,4,17H2,1-3H3,(H,37,41)(H,34,35,38). The van der Waals surface area contributed by atoms with Crippen LogP contribution in [0, 0.1) is 17.6 Å². The Bertz CT molecular complexity index is 1700. The van der Waals surface area contributed by atoms with Gasteiger partial charge in [0.05, 0.1) is 24.7 Å². The lowest BCUT2D eigenvalue weighted by molar-refractivity contribution is -0.132. The molecule has 12 nitrogen and oxygen atoms in total. The summed E-state index contributed by atoms with van der Waals surface area (Å²) < 4.78 is 39.6. The average molecular weight is 618 g/mol. The number of ether oxygens (including phenoxy) is 2. The van der Waals surface area contributed by atoms with Crippen LogP contribution in [0.3, 0.4) is 0 Å². The Labute approximate surface area is 257 Å². The zero-order valence-corrected chi connectivity index (χ0v) is 24.5. The molecular formula is C31H29F2N7O5. The van der Waals surface area contributed by atoms with Crippen LogP contribution in [0.2, 0.25) is 0 Å². The fourth-order valence-corrected chi connectivity index (χ4v) is 4.48. The summed E-state index contributed by atoms with van der Waals surface area (Å²) in [5, 5.41) is 5.53. The second-order valence-electron chi connectivity index (χ2n) is 10.1. The molecule has 2 aromatic carbocycles.